The number of anilines is 1. The number of piperidine rings is 1. The molecular weight excluding hydrogens is 264 g/mol. The van der Waals surface area contributed by atoms with Gasteiger partial charge in [-0.15, -0.1) is 0 Å². The summed E-state index contributed by atoms with van der Waals surface area (Å²) in [5.41, 5.74) is 1.12. The summed E-state index contributed by atoms with van der Waals surface area (Å²) in [7, 11) is 0. The topological polar surface area (TPSA) is 68.9 Å². The first-order valence-electron chi connectivity index (χ1n) is 7.25. The molecule has 0 bridgehead atoms. The number of nitrogens with zero attached hydrogens (tertiary/aromatic N) is 6. The smallest absolute Gasteiger partial charge is 0.179 e. The maximum Gasteiger partial charge on any atom is 0.179 e. The van der Waals surface area contributed by atoms with Crippen molar-refractivity contribution in [3.63, 3.8) is 0 Å². The molecule has 0 amide bonds. The highest BCUT2D eigenvalue weighted by molar-refractivity contribution is 5.86. The number of rotatable bonds is 1. The number of hydrogen-bond acceptors (Lipinski definition) is 6. The van der Waals surface area contributed by atoms with Gasteiger partial charge in [0.1, 0.15) is 12.1 Å². The molecule has 2 fully saturated rings. The Labute approximate surface area is 123 Å². The van der Waals surface area contributed by atoms with E-state index in [1.54, 1.807) is 12.5 Å². The molecule has 21 heavy (non-hydrogen) atoms. The molecule has 2 aliphatic rings. The zero-order chi connectivity index (χ0) is 14.3. The molecule has 2 saturated heterocycles. The van der Waals surface area contributed by atoms with E-state index in [4.69, 9.17) is 5.26 Å². The second-order valence-corrected chi connectivity index (χ2v) is 6.01. The van der Waals surface area contributed by atoms with Gasteiger partial charge in [0.15, 0.2) is 11.8 Å². The molecule has 6 heteroatoms. The monoisotopic (exact) mass is 280 g/mol. The second-order valence-electron chi connectivity index (χ2n) is 6.01. The third kappa shape index (κ3) is 1.97. The third-order valence-electron chi connectivity index (χ3n) is 4.71. The molecule has 4 heterocycles. The molecule has 2 aromatic rings. The minimum atomic E-state index is 0.368. The van der Waals surface area contributed by atoms with Gasteiger partial charge in [-0.1, -0.05) is 0 Å². The fourth-order valence-corrected chi connectivity index (χ4v) is 3.44. The van der Waals surface area contributed by atoms with Gasteiger partial charge in [0, 0.05) is 37.8 Å². The van der Waals surface area contributed by atoms with Crippen molar-refractivity contribution in [1.82, 2.24) is 19.9 Å². The normalized spacial score (nSPS) is 20.3. The van der Waals surface area contributed by atoms with Crippen molar-refractivity contribution in [3.8, 4) is 6.19 Å². The number of hydrogen-bond donors (Lipinski definition) is 0. The van der Waals surface area contributed by atoms with E-state index in [2.05, 4.69) is 26.0 Å². The number of fused-ring (bicyclic) bond motifs is 1. The van der Waals surface area contributed by atoms with Crippen LogP contribution in [-0.4, -0.2) is 46.0 Å². The third-order valence-corrected chi connectivity index (χ3v) is 4.71. The van der Waals surface area contributed by atoms with Crippen LogP contribution in [0.2, 0.25) is 0 Å². The minimum Gasteiger partial charge on any atom is -0.355 e. The van der Waals surface area contributed by atoms with Crippen LogP contribution in [0.5, 0.6) is 0 Å². The largest absolute Gasteiger partial charge is 0.355 e. The SMILES string of the molecule is N#CN1CCC2(CC1)CN(c1ncnc3ncccc13)C2. The van der Waals surface area contributed by atoms with E-state index in [-0.39, 0.29) is 0 Å². The Morgan fingerprint density at radius 2 is 1.95 bits per heavy atom. The predicted octanol–water partition coefficient (Wildman–Crippen LogP) is 1.41. The van der Waals surface area contributed by atoms with E-state index in [0.29, 0.717) is 5.41 Å². The van der Waals surface area contributed by atoms with Crippen LogP contribution in [0.3, 0.4) is 0 Å². The number of pyridine rings is 1. The average molecular weight is 280 g/mol. The molecule has 2 aromatic heterocycles. The molecule has 106 valence electrons. The first-order chi connectivity index (χ1) is 10.3. The van der Waals surface area contributed by atoms with Gasteiger partial charge < -0.3 is 9.80 Å². The number of likely N-dealkylation sites (tertiary alicyclic amines) is 1. The molecule has 0 aliphatic carbocycles. The van der Waals surface area contributed by atoms with Gasteiger partial charge in [-0.3, -0.25) is 0 Å². The maximum atomic E-state index is 8.94. The van der Waals surface area contributed by atoms with Gasteiger partial charge in [-0.05, 0) is 25.0 Å². The van der Waals surface area contributed by atoms with Crippen molar-refractivity contribution < 1.29 is 0 Å². The summed E-state index contributed by atoms with van der Waals surface area (Å²) in [6, 6.07) is 3.96. The fraction of sp³-hybridized carbons (Fsp3) is 0.467. The van der Waals surface area contributed by atoms with Crippen LogP contribution in [0.25, 0.3) is 11.0 Å². The zero-order valence-corrected chi connectivity index (χ0v) is 11.7. The lowest BCUT2D eigenvalue weighted by molar-refractivity contribution is 0.104. The summed E-state index contributed by atoms with van der Waals surface area (Å²) in [5.74, 6) is 0.987. The summed E-state index contributed by atoms with van der Waals surface area (Å²) < 4.78 is 0. The molecular formula is C15H16N6. The minimum absolute atomic E-state index is 0.368. The summed E-state index contributed by atoms with van der Waals surface area (Å²) in [4.78, 5) is 17.1. The van der Waals surface area contributed by atoms with Gasteiger partial charge in [-0.2, -0.15) is 5.26 Å². The standard InChI is InChI=1S/C15H16N6/c16-10-20-6-3-15(4-7-20)8-21(9-15)14-12-2-1-5-17-13(12)18-11-19-14/h1-2,5,11H,3-4,6-9H2. The van der Waals surface area contributed by atoms with Crippen molar-refractivity contribution in [2.24, 2.45) is 5.41 Å². The van der Waals surface area contributed by atoms with Crippen LogP contribution in [0.4, 0.5) is 5.82 Å². The first-order valence-corrected chi connectivity index (χ1v) is 7.25. The Hall–Kier alpha value is -2.42. The van der Waals surface area contributed by atoms with E-state index >= 15 is 0 Å². The summed E-state index contributed by atoms with van der Waals surface area (Å²) >= 11 is 0. The van der Waals surface area contributed by atoms with Crippen molar-refractivity contribution in [1.29, 1.82) is 5.26 Å². The molecule has 0 aromatic carbocycles. The highest BCUT2D eigenvalue weighted by atomic mass is 15.3. The predicted molar refractivity (Wildman–Crippen MR) is 78.4 cm³/mol. The molecule has 0 unspecified atom stereocenters. The lowest BCUT2D eigenvalue weighted by Crippen LogP contribution is -2.60. The van der Waals surface area contributed by atoms with Crippen molar-refractivity contribution >= 4 is 16.9 Å². The van der Waals surface area contributed by atoms with E-state index in [0.717, 1.165) is 55.9 Å². The van der Waals surface area contributed by atoms with Gasteiger partial charge in [0.05, 0.1) is 5.39 Å². The van der Waals surface area contributed by atoms with Crippen molar-refractivity contribution in [2.45, 2.75) is 12.8 Å². The Balaban J connectivity index is 1.54. The number of aromatic nitrogens is 3. The second kappa shape index (κ2) is 4.55. The highest BCUT2D eigenvalue weighted by Crippen LogP contribution is 2.43. The zero-order valence-electron chi connectivity index (χ0n) is 11.7. The fourth-order valence-electron chi connectivity index (χ4n) is 3.44. The van der Waals surface area contributed by atoms with Gasteiger partial charge >= 0.3 is 0 Å². The number of nitriles is 1. The summed E-state index contributed by atoms with van der Waals surface area (Å²) in [6.07, 6.45) is 7.79. The molecule has 0 N–H and O–H groups in total. The van der Waals surface area contributed by atoms with Crippen LogP contribution < -0.4 is 4.90 Å². The lowest BCUT2D eigenvalue weighted by atomic mass is 9.72. The van der Waals surface area contributed by atoms with Crippen molar-refractivity contribution in [2.75, 3.05) is 31.1 Å². The van der Waals surface area contributed by atoms with Crippen molar-refractivity contribution in [3.05, 3.63) is 24.7 Å². The Morgan fingerprint density at radius 1 is 1.14 bits per heavy atom. The van der Waals surface area contributed by atoms with E-state index in [1.165, 1.54) is 0 Å². The maximum absolute atomic E-state index is 8.94. The molecule has 2 aliphatic heterocycles. The Bertz CT molecular complexity index is 700. The molecule has 6 nitrogen and oxygen atoms in total. The molecule has 0 saturated carbocycles. The summed E-state index contributed by atoms with van der Waals surface area (Å²) in [5, 5.41) is 9.96. The summed E-state index contributed by atoms with van der Waals surface area (Å²) in [6.45, 7) is 3.81. The van der Waals surface area contributed by atoms with E-state index in [9.17, 15) is 0 Å². The van der Waals surface area contributed by atoms with Gasteiger partial charge in [-0.25, -0.2) is 15.0 Å². The van der Waals surface area contributed by atoms with Gasteiger partial charge in [0.25, 0.3) is 0 Å². The van der Waals surface area contributed by atoms with Crippen LogP contribution >= 0.6 is 0 Å². The van der Waals surface area contributed by atoms with Crippen LogP contribution in [-0.2, 0) is 0 Å². The Kier molecular flexibility index (Phi) is 2.67. The molecule has 0 atom stereocenters. The van der Waals surface area contributed by atoms with Crippen LogP contribution in [0, 0.1) is 16.9 Å². The average Bonchev–Trinajstić information content (AvgIpc) is 2.52. The molecule has 1 spiro atoms. The molecule has 0 radical (unpaired) electrons. The van der Waals surface area contributed by atoms with Gasteiger partial charge in [0.2, 0.25) is 0 Å². The first kappa shape index (κ1) is 12.3. The van der Waals surface area contributed by atoms with Crippen LogP contribution in [0.1, 0.15) is 12.8 Å². The quantitative estimate of drug-likeness (QED) is 0.736. The van der Waals surface area contributed by atoms with E-state index < -0.39 is 0 Å². The Morgan fingerprint density at radius 3 is 2.71 bits per heavy atom. The van der Waals surface area contributed by atoms with Crippen LogP contribution in [0.15, 0.2) is 24.7 Å². The molecule has 4 rings (SSSR count). The lowest BCUT2D eigenvalue weighted by Gasteiger charge is -2.54. The highest BCUT2D eigenvalue weighted by Gasteiger charge is 2.45. The van der Waals surface area contributed by atoms with E-state index in [1.807, 2.05) is 17.0 Å².